The minimum absolute atomic E-state index is 0.00194. The number of ether oxygens (including phenoxy) is 4. The van der Waals surface area contributed by atoms with Crippen LogP contribution in [0.2, 0.25) is 0 Å². The molecule has 0 amide bonds. The van der Waals surface area contributed by atoms with Gasteiger partial charge in [0.05, 0.1) is 50.2 Å². The van der Waals surface area contributed by atoms with Crippen molar-refractivity contribution in [3.63, 3.8) is 0 Å². The smallest absolute Gasteiger partial charge is 0.343 e. The van der Waals surface area contributed by atoms with Crippen LogP contribution in [0.4, 0.5) is 14.5 Å². The van der Waals surface area contributed by atoms with Crippen LogP contribution >= 0.6 is 0 Å². The first-order chi connectivity index (χ1) is 30.8. The van der Waals surface area contributed by atoms with Gasteiger partial charge in [-0.2, -0.15) is 0 Å². The van der Waals surface area contributed by atoms with Gasteiger partial charge in [-0.1, -0.05) is 25.5 Å². The SMILES string of the molecule is COc1c(N2CCNC(C)C2)c(F)cc2c(=O)c(C(=O)OCCCOC(=O)CCC(=O)OCC(=O)[C@]3(O)[C@H](C)C[C@@H]4[C@H]5CCC6=CC(=O)C=C[C@@]6(C)[C@]5(F)[C@H](O)C[C@]43C)cn(C3CC3)c12. The van der Waals surface area contributed by atoms with E-state index in [1.54, 1.807) is 31.4 Å². The predicted octanol–water partition coefficient (Wildman–Crippen LogP) is 4.61. The number of carbonyl (C=O) groups excluding carboxylic acids is 5. The summed E-state index contributed by atoms with van der Waals surface area (Å²) in [6.07, 6.45) is 5.89. The van der Waals surface area contributed by atoms with Gasteiger partial charge in [-0.3, -0.25) is 24.0 Å². The van der Waals surface area contributed by atoms with Gasteiger partial charge >= 0.3 is 17.9 Å². The summed E-state index contributed by atoms with van der Waals surface area (Å²) in [6, 6.07) is 1.25. The maximum absolute atomic E-state index is 17.5. The normalized spacial score (nSPS) is 32.8. The number of carbonyl (C=O) groups is 5. The van der Waals surface area contributed by atoms with Crippen molar-refractivity contribution in [3.8, 4) is 5.75 Å². The van der Waals surface area contributed by atoms with Gasteiger partial charge in [-0.15, -0.1) is 0 Å². The van der Waals surface area contributed by atoms with Gasteiger partial charge in [0.15, 0.2) is 29.6 Å². The highest BCUT2D eigenvalue weighted by Crippen LogP contribution is 2.70. The monoisotopic (exact) mass is 907 g/mol. The van der Waals surface area contributed by atoms with Gasteiger partial charge in [0.1, 0.15) is 16.9 Å². The Morgan fingerprint density at radius 1 is 1.00 bits per heavy atom. The zero-order valence-electron chi connectivity index (χ0n) is 37.6. The number of alkyl halides is 1. The van der Waals surface area contributed by atoms with E-state index in [4.69, 9.17) is 18.9 Å². The number of pyridine rings is 1. The standard InChI is InChI=1S/C48H59F2N3O12/c1-26-19-34-33-10-7-28-20-30(54)13-14-45(28,3)47(33,50)36(55)22-46(34,4)48(26,61)37(56)25-65-39(58)12-11-38(57)63-17-6-18-64-44(60)32-24-53(29-8-9-29)40-31(42(32)59)21-35(49)41(43(40)62-5)52-16-15-51-27(2)23-52/h13-14,20-21,24,26-27,29,33-34,36,51,55,61H,6-12,15-19,22-23,25H2,1-5H3/t26-,27?,33-,34-,36-,45-,46-,47-,48-/m1/s1. The Kier molecular flexibility index (Phi) is 12.4. The number of methoxy groups -OCH3 is 1. The number of ketones is 2. The number of allylic oxidation sites excluding steroid dienone is 4. The number of benzene rings is 1. The topological polar surface area (TPSA) is 200 Å². The molecule has 0 spiro atoms. The van der Waals surface area contributed by atoms with Gasteiger partial charge in [0, 0.05) is 61.1 Å². The summed E-state index contributed by atoms with van der Waals surface area (Å²) in [5, 5.41) is 27.1. The molecule has 17 heteroatoms. The summed E-state index contributed by atoms with van der Waals surface area (Å²) < 4.78 is 56.6. The van der Waals surface area contributed by atoms with Crippen LogP contribution < -0.4 is 20.4 Å². The summed E-state index contributed by atoms with van der Waals surface area (Å²) >= 11 is 0. The molecule has 0 radical (unpaired) electrons. The Balaban J connectivity index is 0.816. The van der Waals surface area contributed by atoms with Crippen LogP contribution in [-0.2, 0) is 33.4 Å². The Morgan fingerprint density at radius 3 is 2.40 bits per heavy atom. The van der Waals surface area contributed by atoms with E-state index in [-0.39, 0.29) is 72.7 Å². The van der Waals surface area contributed by atoms with E-state index >= 15 is 8.78 Å². The quantitative estimate of drug-likeness (QED) is 0.135. The summed E-state index contributed by atoms with van der Waals surface area (Å²) in [5.74, 6) is -5.82. The number of anilines is 1. The average molecular weight is 908 g/mol. The number of aromatic nitrogens is 1. The highest BCUT2D eigenvalue weighted by Gasteiger charge is 2.75. The first-order valence-electron chi connectivity index (χ1n) is 22.8. The maximum Gasteiger partial charge on any atom is 0.343 e. The zero-order valence-corrected chi connectivity index (χ0v) is 37.6. The van der Waals surface area contributed by atoms with Crippen molar-refractivity contribution in [2.45, 2.75) is 115 Å². The molecule has 65 heavy (non-hydrogen) atoms. The molecule has 1 aromatic carbocycles. The molecule has 352 valence electrons. The molecule has 8 rings (SSSR count). The van der Waals surface area contributed by atoms with Gasteiger partial charge < -0.3 is 43.9 Å². The number of piperazine rings is 1. The molecule has 2 aromatic rings. The van der Waals surface area contributed by atoms with Crippen molar-refractivity contribution in [2.75, 3.05) is 51.5 Å². The number of esters is 3. The molecule has 1 aliphatic heterocycles. The number of aliphatic hydroxyl groups excluding tert-OH is 1. The van der Waals surface area contributed by atoms with Crippen LogP contribution in [0.1, 0.15) is 102 Å². The lowest BCUT2D eigenvalue weighted by Crippen LogP contribution is -2.69. The number of nitrogens with one attached hydrogen (secondary N) is 1. The van der Waals surface area contributed by atoms with Crippen LogP contribution in [0, 0.1) is 34.4 Å². The number of Topliss-reactive ketones (excluding diaryl/α,β-unsaturated/α-hetero) is 1. The molecule has 5 fully saturated rings. The lowest BCUT2D eigenvalue weighted by Gasteiger charge is -2.62. The van der Waals surface area contributed by atoms with E-state index in [1.165, 1.54) is 25.5 Å². The zero-order chi connectivity index (χ0) is 46.8. The minimum Gasteiger partial charge on any atom is -0.492 e. The molecule has 1 saturated heterocycles. The molecule has 6 aliphatic rings. The van der Waals surface area contributed by atoms with Crippen molar-refractivity contribution >= 4 is 46.1 Å². The van der Waals surface area contributed by atoms with Crippen molar-refractivity contribution in [1.82, 2.24) is 9.88 Å². The minimum atomic E-state index is -2.13. The van der Waals surface area contributed by atoms with Gasteiger partial charge in [0.2, 0.25) is 11.2 Å². The van der Waals surface area contributed by atoms with E-state index in [0.717, 1.165) is 18.9 Å². The van der Waals surface area contributed by atoms with Crippen LogP contribution in [0.5, 0.6) is 5.75 Å². The molecular formula is C48H59F2N3O12. The van der Waals surface area contributed by atoms with Crippen molar-refractivity contribution < 1.29 is 61.9 Å². The summed E-state index contributed by atoms with van der Waals surface area (Å²) in [4.78, 5) is 79.9. The van der Waals surface area contributed by atoms with Crippen molar-refractivity contribution in [1.29, 1.82) is 0 Å². The molecule has 4 saturated carbocycles. The highest BCUT2D eigenvalue weighted by molar-refractivity contribution is 6.01. The fourth-order valence-electron chi connectivity index (χ4n) is 12.1. The lowest BCUT2D eigenvalue weighted by molar-refractivity contribution is -0.220. The van der Waals surface area contributed by atoms with Crippen molar-refractivity contribution in [2.24, 2.45) is 28.6 Å². The number of nitrogens with zero attached hydrogens (tertiary/aromatic N) is 2. The van der Waals surface area contributed by atoms with Crippen LogP contribution in [0.3, 0.4) is 0 Å². The Hall–Kier alpha value is -5.00. The number of hydrogen-bond donors (Lipinski definition) is 3. The van der Waals surface area contributed by atoms with Crippen LogP contribution in [0.25, 0.3) is 10.9 Å². The first-order valence-corrected chi connectivity index (χ1v) is 22.8. The van der Waals surface area contributed by atoms with E-state index < -0.39 is 93.9 Å². The fourth-order valence-corrected chi connectivity index (χ4v) is 12.1. The molecule has 2 heterocycles. The lowest BCUT2D eigenvalue weighted by atomic mass is 9.44. The average Bonchev–Trinajstić information content (AvgIpc) is 4.09. The second kappa shape index (κ2) is 17.3. The van der Waals surface area contributed by atoms with Crippen molar-refractivity contribution in [3.05, 3.63) is 57.7 Å². The van der Waals surface area contributed by atoms with Crippen LogP contribution in [0.15, 0.2) is 40.9 Å². The number of rotatable bonds is 14. The first kappa shape index (κ1) is 46.5. The van der Waals surface area contributed by atoms with Gasteiger partial charge in [0.25, 0.3) is 0 Å². The third kappa shape index (κ3) is 7.68. The van der Waals surface area contributed by atoms with Gasteiger partial charge in [-0.25, -0.2) is 13.6 Å². The summed E-state index contributed by atoms with van der Waals surface area (Å²) in [7, 11) is 1.43. The molecule has 1 unspecified atom stereocenters. The predicted molar refractivity (Wildman–Crippen MR) is 232 cm³/mol. The largest absolute Gasteiger partial charge is 0.492 e. The molecule has 3 N–H and O–H groups in total. The summed E-state index contributed by atoms with van der Waals surface area (Å²) in [6.45, 7) is 7.62. The summed E-state index contributed by atoms with van der Waals surface area (Å²) in [5.41, 5.74) is -6.31. The van der Waals surface area contributed by atoms with Gasteiger partial charge in [-0.05, 0) is 82.4 Å². The molecule has 15 nitrogen and oxygen atoms in total. The number of halogens is 2. The number of aliphatic hydroxyl groups is 2. The molecule has 5 aliphatic carbocycles. The van der Waals surface area contributed by atoms with E-state index in [0.29, 0.717) is 50.0 Å². The second-order valence-electron chi connectivity index (χ2n) is 19.4. The maximum atomic E-state index is 17.5. The number of hydrogen-bond acceptors (Lipinski definition) is 14. The fraction of sp³-hybridized carbons (Fsp3) is 0.625. The molecule has 1 aromatic heterocycles. The Morgan fingerprint density at radius 2 is 1.71 bits per heavy atom. The molecule has 0 bridgehead atoms. The Labute approximate surface area is 375 Å². The van der Waals surface area contributed by atoms with E-state index in [1.807, 2.05) is 11.8 Å². The van der Waals surface area contributed by atoms with E-state index in [9.17, 15) is 39.0 Å². The second-order valence-corrected chi connectivity index (χ2v) is 19.4. The third-order valence-corrected chi connectivity index (χ3v) is 15.6. The Bertz CT molecular complexity index is 2430. The molecular weight excluding hydrogens is 849 g/mol. The third-order valence-electron chi connectivity index (χ3n) is 15.6. The van der Waals surface area contributed by atoms with Crippen LogP contribution in [-0.4, -0.2) is 114 Å². The highest BCUT2D eigenvalue weighted by atomic mass is 19.1. The van der Waals surface area contributed by atoms with E-state index in [2.05, 4.69) is 5.32 Å². The molecule has 9 atom stereocenters. The number of fused-ring (bicyclic) bond motifs is 6.